The zero-order valence-electron chi connectivity index (χ0n) is 20.6. The second-order valence-corrected chi connectivity index (χ2v) is 11.0. The van der Waals surface area contributed by atoms with Crippen molar-refractivity contribution in [3.8, 4) is 0 Å². The van der Waals surface area contributed by atoms with Gasteiger partial charge in [-0.15, -0.1) is 0 Å². The van der Waals surface area contributed by atoms with Crippen molar-refractivity contribution in [2.24, 2.45) is 0 Å². The van der Waals surface area contributed by atoms with E-state index in [4.69, 9.17) is 0 Å². The number of unbranched alkanes of at least 4 members (excludes halogenated alkanes) is 2. The summed E-state index contributed by atoms with van der Waals surface area (Å²) in [6.07, 6.45) is 6.74. The third-order valence-electron chi connectivity index (χ3n) is 6.24. The minimum atomic E-state index is -1.82. The van der Waals surface area contributed by atoms with Crippen LogP contribution in [0.2, 0.25) is 0 Å². The molecule has 2 aromatic carbocycles. The van der Waals surface area contributed by atoms with E-state index in [1.54, 1.807) is 0 Å². The molecule has 2 aromatic rings. The van der Waals surface area contributed by atoms with Crippen molar-refractivity contribution in [1.29, 1.82) is 0 Å². The van der Waals surface area contributed by atoms with Crippen molar-refractivity contribution in [2.45, 2.75) is 80.1 Å². The predicted octanol–water partition coefficient (Wildman–Crippen LogP) is -0.314. The third-order valence-corrected chi connectivity index (χ3v) is 8.77. The van der Waals surface area contributed by atoms with E-state index in [9.17, 15) is 9.59 Å². The standard InChI is InChI=1S/2C13H19NO.2FH.Hf/c2*1-4-5-6-11-7-8-12(13(14)15)10(3)9(11)2;;;/h2*7-8H,4-6H2,1-3H3,(H2,14,15);2*1H;/q;;;;+4/p-4. The topological polar surface area (TPSA) is 58.2 Å². The molecule has 0 radical (unpaired) electrons. The van der Waals surface area contributed by atoms with Crippen LogP contribution in [-0.4, -0.2) is 11.8 Å². The van der Waals surface area contributed by atoms with Crippen LogP contribution in [0.5, 0.6) is 0 Å². The number of carbonyl (C=O) groups is 2. The SMILES string of the molecule is CCCCc1ccc(C(=O)[NH][Hf+2][NH]C(=O)c2ccc(CCCC)c(C)c2C)c(C)c1C.[F-].[F-]. The summed E-state index contributed by atoms with van der Waals surface area (Å²) in [4.78, 5) is 25.4. The molecule has 0 heterocycles. The molecule has 2 rings (SSSR count). The van der Waals surface area contributed by atoms with Crippen molar-refractivity contribution in [3.63, 3.8) is 0 Å². The average Bonchev–Trinajstić information content (AvgIpc) is 2.75. The molecule has 2 N–H and O–H groups in total. The first kappa shape index (κ1) is 31.1. The first-order valence-corrected chi connectivity index (χ1v) is 14.9. The van der Waals surface area contributed by atoms with Gasteiger partial charge in [0.1, 0.15) is 0 Å². The fraction of sp³-hybridized carbons (Fsp3) is 0.462. The Kier molecular flexibility index (Phi) is 14.2. The van der Waals surface area contributed by atoms with Gasteiger partial charge in [-0.1, -0.05) is 0 Å². The smallest absolute Gasteiger partial charge is 1.00 e. The number of hydrogen-bond acceptors (Lipinski definition) is 2. The van der Waals surface area contributed by atoms with Crippen LogP contribution in [0.4, 0.5) is 0 Å². The molecule has 0 aliphatic rings. The molecule has 0 fully saturated rings. The van der Waals surface area contributed by atoms with Crippen molar-refractivity contribution in [2.75, 3.05) is 0 Å². The van der Waals surface area contributed by atoms with Gasteiger partial charge in [0.2, 0.25) is 0 Å². The molecule has 7 heteroatoms. The van der Waals surface area contributed by atoms with Crippen LogP contribution in [0.15, 0.2) is 24.3 Å². The first-order chi connectivity index (χ1) is 14.8. The van der Waals surface area contributed by atoms with E-state index in [1.165, 1.54) is 22.3 Å². The summed E-state index contributed by atoms with van der Waals surface area (Å²) in [7, 11) is 0. The number of nitrogens with one attached hydrogen (secondary N) is 2. The molecule has 0 atom stereocenters. The molecular formula is C26H36F2HfN2O2. The van der Waals surface area contributed by atoms with Crippen molar-refractivity contribution in [1.82, 2.24) is 6.61 Å². The molecule has 0 aliphatic carbocycles. The van der Waals surface area contributed by atoms with Crippen LogP contribution < -0.4 is 16.0 Å². The molecule has 4 nitrogen and oxygen atoms in total. The summed E-state index contributed by atoms with van der Waals surface area (Å²) >= 11 is -1.82. The molecule has 33 heavy (non-hydrogen) atoms. The Morgan fingerprint density at radius 2 is 1.03 bits per heavy atom. The van der Waals surface area contributed by atoms with Gasteiger partial charge in [0.25, 0.3) is 0 Å². The van der Waals surface area contributed by atoms with E-state index in [0.29, 0.717) is 11.1 Å². The normalized spacial score (nSPS) is 9.88. The molecule has 180 valence electrons. The van der Waals surface area contributed by atoms with Crippen LogP contribution in [0.1, 0.15) is 93.6 Å². The largest absolute Gasteiger partial charge is 1.00 e. The minimum absolute atomic E-state index is 0. The molecule has 0 aromatic heterocycles. The number of halogens is 2. The van der Waals surface area contributed by atoms with Gasteiger partial charge >= 0.3 is 200 Å². The first-order valence-electron chi connectivity index (χ1n) is 11.4. The van der Waals surface area contributed by atoms with Gasteiger partial charge in [0.05, 0.1) is 0 Å². The number of benzene rings is 2. The summed E-state index contributed by atoms with van der Waals surface area (Å²) in [5.41, 5.74) is 8.54. The Bertz CT molecular complexity index is 873. The minimum Gasteiger partial charge on any atom is -1.00 e. The fourth-order valence-electron chi connectivity index (χ4n) is 3.80. The quantitative estimate of drug-likeness (QED) is 0.357. The monoisotopic (exact) mass is 626 g/mol. The van der Waals surface area contributed by atoms with E-state index in [1.807, 2.05) is 26.0 Å². The van der Waals surface area contributed by atoms with Crippen molar-refractivity contribution in [3.05, 3.63) is 68.8 Å². The van der Waals surface area contributed by atoms with E-state index >= 15 is 0 Å². The molecule has 2 amide bonds. The summed E-state index contributed by atoms with van der Waals surface area (Å²) in [6, 6.07) is 8.00. The Balaban J connectivity index is 0.00000512. The Morgan fingerprint density at radius 3 is 1.36 bits per heavy atom. The number of rotatable bonds is 10. The summed E-state index contributed by atoms with van der Waals surface area (Å²) in [5.74, 6) is -0.150. The number of aryl methyl sites for hydroxylation is 2. The van der Waals surface area contributed by atoms with Gasteiger partial charge in [-0.05, 0) is 0 Å². The number of amides is 2. The van der Waals surface area contributed by atoms with Crippen LogP contribution in [0.3, 0.4) is 0 Å². The zero-order chi connectivity index (χ0) is 23.0. The second kappa shape index (κ2) is 15.1. The molecule has 0 spiro atoms. The predicted molar refractivity (Wildman–Crippen MR) is 124 cm³/mol. The Hall–Kier alpha value is -1.89. The summed E-state index contributed by atoms with van der Waals surface area (Å²) in [6.45, 7) is 12.6. The van der Waals surface area contributed by atoms with Crippen LogP contribution in [0.25, 0.3) is 0 Å². The van der Waals surface area contributed by atoms with Crippen LogP contribution in [0, 0.1) is 27.7 Å². The van der Waals surface area contributed by atoms with E-state index in [2.05, 4.69) is 46.4 Å². The molecule has 0 bridgehead atoms. The van der Waals surface area contributed by atoms with Gasteiger partial charge in [-0.3, -0.25) is 0 Å². The number of carbonyl (C=O) groups excluding carboxylic acids is 2. The maximum absolute atomic E-state index is 12.7. The third kappa shape index (κ3) is 8.13. The zero-order valence-corrected chi connectivity index (χ0v) is 24.2. The van der Waals surface area contributed by atoms with Gasteiger partial charge in [-0.25, -0.2) is 0 Å². The summed E-state index contributed by atoms with van der Waals surface area (Å²) < 4.78 is 6.05. The molecular weight excluding hydrogens is 589 g/mol. The van der Waals surface area contributed by atoms with Crippen LogP contribution in [-0.2, 0) is 36.3 Å². The van der Waals surface area contributed by atoms with E-state index < -0.39 is 23.5 Å². The van der Waals surface area contributed by atoms with Crippen LogP contribution >= 0.6 is 0 Å². The van der Waals surface area contributed by atoms with Gasteiger partial charge in [0, 0.05) is 0 Å². The molecule has 0 saturated carbocycles. The summed E-state index contributed by atoms with van der Waals surface area (Å²) in [5, 5.41) is 0. The van der Waals surface area contributed by atoms with Crippen molar-refractivity contribution < 1.29 is 42.5 Å². The van der Waals surface area contributed by atoms with Crippen molar-refractivity contribution >= 4 is 11.8 Å². The molecule has 0 saturated heterocycles. The fourth-order valence-corrected chi connectivity index (χ4v) is 5.81. The van der Waals surface area contributed by atoms with Gasteiger partial charge < -0.3 is 9.41 Å². The Morgan fingerprint density at radius 1 is 0.667 bits per heavy atom. The average molecular weight is 625 g/mol. The van der Waals surface area contributed by atoms with Gasteiger partial charge in [-0.2, -0.15) is 0 Å². The van der Waals surface area contributed by atoms with E-state index in [0.717, 1.165) is 49.7 Å². The maximum atomic E-state index is 12.7. The maximum Gasteiger partial charge on any atom is -1.00 e. The molecule has 0 aliphatic heterocycles. The Labute approximate surface area is 209 Å². The molecule has 0 unspecified atom stereocenters. The second-order valence-electron chi connectivity index (χ2n) is 8.28. The van der Waals surface area contributed by atoms with E-state index in [-0.39, 0.29) is 21.2 Å². The van der Waals surface area contributed by atoms with Gasteiger partial charge in [0.15, 0.2) is 0 Å². The number of hydrogen-bond donors (Lipinski definition) is 2.